The van der Waals surface area contributed by atoms with E-state index in [9.17, 15) is 10.1 Å². The lowest BCUT2D eigenvalue weighted by molar-refractivity contribution is 0.0761. The molecule has 2 aliphatic heterocycles. The maximum absolute atomic E-state index is 12.4. The van der Waals surface area contributed by atoms with Crippen molar-refractivity contribution >= 4 is 17.3 Å². The number of aromatic nitrogens is 3. The molecule has 4 heterocycles. The monoisotopic (exact) mass is 448 g/mol. The Hall–Kier alpha value is -4.33. The molecule has 0 saturated carbocycles. The highest BCUT2D eigenvalue weighted by Gasteiger charge is 2.30. The van der Waals surface area contributed by atoms with Crippen molar-refractivity contribution in [2.75, 3.05) is 38.3 Å². The van der Waals surface area contributed by atoms with Gasteiger partial charge in [0.15, 0.2) is 5.69 Å². The number of likely N-dealkylation sites (tertiary alicyclic amines) is 1. The molecule has 0 radical (unpaired) electrons. The molecule has 2 aromatic heterocycles. The molecule has 168 valence electrons. The minimum absolute atomic E-state index is 0.155. The highest BCUT2D eigenvalue weighted by atomic mass is 16.6. The van der Waals surface area contributed by atoms with Crippen LogP contribution >= 0.6 is 0 Å². The third-order valence-corrected chi connectivity index (χ3v) is 5.57. The third kappa shape index (κ3) is 3.98. The zero-order chi connectivity index (χ0) is 22.8. The van der Waals surface area contributed by atoms with Crippen molar-refractivity contribution in [3.05, 3.63) is 47.9 Å². The first kappa shape index (κ1) is 20.6. The molecule has 11 heteroatoms. The number of amides is 1. The van der Waals surface area contributed by atoms with Crippen molar-refractivity contribution in [3.63, 3.8) is 0 Å². The Bertz CT molecular complexity index is 1210. The standard InChI is InChI=1S/C22H20N6O5/c1-30-21-14(10-23)8-15(11-24-21)28-6-7-31-20-3-2-16(9-19(20)28)32-17-4-5-27(13-17)22(29)18-12-25-33-26-18/h2-3,8-9,11-12,17H,4-7,13H2,1H3/t17-/m0/s1. The molecule has 5 rings (SSSR count). The largest absolute Gasteiger partial charge is 0.490 e. The molecule has 1 aromatic carbocycles. The molecule has 0 aliphatic carbocycles. The summed E-state index contributed by atoms with van der Waals surface area (Å²) in [6.07, 6.45) is 3.52. The van der Waals surface area contributed by atoms with E-state index >= 15 is 0 Å². The van der Waals surface area contributed by atoms with Crippen molar-refractivity contribution in [1.29, 1.82) is 5.26 Å². The molecule has 0 N–H and O–H groups in total. The summed E-state index contributed by atoms with van der Waals surface area (Å²) in [5.41, 5.74) is 2.11. The lowest BCUT2D eigenvalue weighted by Crippen LogP contribution is -2.31. The van der Waals surface area contributed by atoms with Crippen molar-refractivity contribution in [2.24, 2.45) is 0 Å². The van der Waals surface area contributed by atoms with Gasteiger partial charge in [-0.3, -0.25) is 4.79 Å². The number of ether oxygens (including phenoxy) is 3. The van der Waals surface area contributed by atoms with Gasteiger partial charge in [0.25, 0.3) is 5.91 Å². The Morgan fingerprint density at radius 1 is 1.27 bits per heavy atom. The normalized spacial score (nSPS) is 17.2. The Balaban J connectivity index is 1.34. The van der Waals surface area contributed by atoms with E-state index in [1.807, 2.05) is 23.1 Å². The highest BCUT2D eigenvalue weighted by Crippen LogP contribution is 2.40. The second-order valence-corrected chi connectivity index (χ2v) is 7.56. The van der Waals surface area contributed by atoms with E-state index in [2.05, 4.69) is 26.0 Å². The summed E-state index contributed by atoms with van der Waals surface area (Å²) in [4.78, 5) is 20.4. The number of methoxy groups -OCH3 is 1. The van der Waals surface area contributed by atoms with Crippen LogP contribution in [0.2, 0.25) is 0 Å². The molecular formula is C22H20N6O5. The summed E-state index contributed by atoms with van der Waals surface area (Å²) in [7, 11) is 1.48. The number of hydrogen-bond acceptors (Lipinski definition) is 10. The molecule has 0 bridgehead atoms. The van der Waals surface area contributed by atoms with Gasteiger partial charge in [0, 0.05) is 19.0 Å². The summed E-state index contributed by atoms with van der Waals surface area (Å²) in [6, 6.07) is 9.47. The molecule has 0 spiro atoms. The minimum Gasteiger partial charge on any atom is -0.490 e. The van der Waals surface area contributed by atoms with E-state index in [1.54, 1.807) is 17.2 Å². The Kier molecular flexibility index (Phi) is 5.40. The maximum Gasteiger partial charge on any atom is 0.277 e. The third-order valence-electron chi connectivity index (χ3n) is 5.57. The average Bonchev–Trinajstić information content (AvgIpc) is 3.55. The molecule has 11 nitrogen and oxygen atoms in total. The number of anilines is 2. The lowest BCUT2D eigenvalue weighted by Gasteiger charge is -2.31. The number of pyridine rings is 1. The Morgan fingerprint density at radius 2 is 2.18 bits per heavy atom. The van der Waals surface area contributed by atoms with E-state index in [4.69, 9.17) is 14.2 Å². The first-order valence-corrected chi connectivity index (χ1v) is 10.4. The number of fused-ring (bicyclic) bond motifs is 1. The van der Waals surface area contributed by atoms with Gasteiger partial charge in [-0.05, 0) is 23.4 Å². The summed E-state index contributed by atoms with van der Waals surface area (Å²) in [5, 5.41) is 16.5. The van der Waals surface area contributed by atoms with E-state index in [0.717, 1.165) is 11.4 Å². The molecule has 3 aromatic rings. The van der Waals surface area contributed by atoms with Crippen LogP contribution in [0.5, 0.6) is 17.4 Å². The highest BCUT2D eigenvalue weighted by molar-refractivity contribution is 5.92. The van der Waals surface area contributed by atoms with Crippen molar-refractivity contribution in [2.45, 2.75) is 12.5 Å². The van der Waals surface area contributed by atoms with Crippen molar-refractivity contribution in [1.82, 2.24) is 20.2 Å². The quantitative estimate of drug-likeness (QED) is 0.573. The fourth-order valence-corrected chi connectivity index (χ4v) is 3.99. The van der Waals surface area contributed by atoms with Gasteiger partial charge in [-0.2, -0.15) is 5.26 Å². The second kappa shape index (κ2) is 8.66. The fraction of sp³-hybridized carbons (Fsp3) is 0.318. The zero-order valence-electron chi connectivity index (χ0n) is 17.8. The topological polar surface area (TPSA) is 127 Å². The van der Waals surface area contributed by atoms with Gasteiger partial charge in [-0.25, -0.2) is 9.61 Å². The number of nitrogens with zero attached hydrogens (tertiary/aromatic N) is 6. The number of carbonyl (C=O) groups is 1. The predicted molar refractivity (Wildman–Crippen MR) is 114 cm³/mol. The summed E-state index contributed by atoms with van der Waals surface area (Å²) in [6.45, 7) is 2.09. The van der Waals surface area contributed by atoms with Gasteiger partial charge in [0.05, 0.1) is 37.8 Å². The molecule has 2 aliphatic rings. The Labute approximate surface area is 189 Å². The summed E-state index contributed by atoms with van der Waals surface area (Å²) < 4.78 is 21.7. The van der Waals surface area contributed by atoms with Crippen LogP contribution in [0.1, 0.15) is 22.5 Å². The average molecular weight is 448 g/mol. The van der Waals surface area contributed by atoms with Gasteiger partial charge in [0.2, 0.25) is 5.88 Å². The van der Waals surface area contributed by atoms with E-state index < -0.39 is 0 Å². The van der Waals surface area contributed by atoms with Crippen molar-refractivity contribution in [3.8, 4) is 23.4 Å². The Morgan fingerprint density at radius 3 is 2.97 bits per heavy atom. The second-order valence-electron chi connectivity index (χ2n) is 7.56. The smallest absolute Gasteiger partial charge is 0.277 e. The maximum atomic E-state index is 12.4. The van der Waals surface area contributed by atoms with E-state index in [0.29, 0.717) is 49.7 Å². The number of carbonyl (C=O) groups excluding carboxylic acids is 1. The number of hydrogen-bond donors (Lipinski definition) is 0. The van der Waals surface area contributed by atoms with Crippen LogP contribution in [-0.4, -0.2) is 65.6 Å². The fourth-order valence-electron chi connectivity index (χ4n) is 3.99. The first-order chi connectivity index (χ1) is 16.2. The van der Waals surface area contributed by atoms with Gasteiger partial charge in [-0.1, -0.05) is 5.16 Å². The zero-order valence-corrected chi connectivity index (χ0v) is 17.8. The van der Waals surface area contributed by atoms with Crippen LogP contribution < -0.4 is 19.1 Å². The van der Waals surface area contributed by atoms with E-state index in [-0.39, 0.29) is 23.6 Å². The molecule has 33 heavy (non-hydrogen) atoms. The van der Waals surface area contributed by atoms with Gasteiger partial charge >= 0.3 is 0 Å². The minimum atomic E-state index is -0.229. The van der Waals surface area contributed by atoms with Gasteiger partial charge in [-0.15, -0.1) is 0 Å². The molecule has 1 amide bonds. The van der Waals surface area contributed by atoms with Gasteiger partial charge in [0.1, 0.15) is 42.0 Å². The molecule has 0 unspecified atom stereocenters. The molecule has 1 atom stereocenters. The van der Waals surface area contributed by atoms with Crippen LogP contribution in [0.25, 0.3) is 0 Å². The number of nitriles is 1. The summed E-state index contributed by atoms with van der Waals surface area (Å²) in [5.74, 6) is 1.43. The van der Waals surface area contributed by atoms with Crippen LogP contribution in [0.3, 0.4) is 0 Å². The van der Waals surface area contributed by atoms with Crippen LogP contribution in [0, 0.1) is 11.3 Å². The number of rotatable bonds is 5. The van der Waals surface area contributed by atoms with Crippen molar-refractivity contribution < 1.29 is 23.6 Å². The van der Waals surface area contributed by atoms with Crippen LogP contribution in [0.4, 0.5) is 11.4 Å². The summed E-state index contributed by atoms with van der Waals surface area (Å²) >= 11 is 0. The first-order valence-electron chi connectivity index (χ1n) is 10.4. The van der Waals surface area contributed by atoms with Crippen LogP contribution in [-0.2, 0) is 0 Å². The van der Waals surface area contributed by atoms with Crippen LogP contribution in [0.15, 0.2) is 41.3 Å². The molecule has 1 fully saturated rings. The molecule has 1 saturated heterocycles. The lowest BCUT2D eigenvalue weighted by atomic mass is 10.2. The SMILES string of the molecule is COc1ncc(N2CCOc3ccc(O[C@H]4CCN(C(=O)c5cnon5)C4)cc32)cc1C#N. The molecular weight excluding hydrogens is 428 g/mol. The van der Waals surface area contributed by atoms with E-state index in [1.165, 1.54) is 13.3 Å². The number of benzene rings is 1. The van der Waals surface area contributed by atoms with Gasteiger partial charge < -0.3 is 24.0 Å². The predicted octanol–water partition coefficient (Wildman–Crippen LogP) is 2.17.